The van der Waals surface area contributed by atoms with Gasteiger partial charge in [0.2, 0.25) is 11.2 Å². The molecule has 22 heavy (non-hydrogen) atoms. The molecule has 0 spiro atoms. The van der Waals surface area contributed by atoms with E-state index in [1.165, 1.54) is 21.6 Å². The fraction of sp³-hybridized carbons (Fsp3) is 0.389. The quantitative estimate of drug-likeness (QED) is 0.807. The molecule has 2 aromatic rings. The lowest BCUT2D eigenvalue weighted by Gasteiger charge is -2.34. The lowest BCUT2D eigenvalue weighted by Crippen LogP contribution is -2.43. The van der Waals surface area contributed by atoms with Crippen LogP contribution in [0.3, 0.4) is 0 Å². The van der Waals surface area contributed by atoms with Crippen LogP contribution in [0, 0.1) is 0 Å². The summed E-state index contributed by atoms with van der Waals surface area (Å²) < 4.78 is 2.28. The number of aromatic nitrogens is 1. The molecule has 1 saturated heterocycles. The summed E-state index contributed by atoms with van der Waals surface area (Å²) in [6, 6.07) is 13.0. The Kier molecular flexibility index (Phi) is 4.69. The standard InChI is InChI=1S/C18H24N3S/c1-19-10-12-21(13-11-19)18(22-3)14-16-9-8-15-6-4-5-7-17(15)20(16)2/h4-9,14H,10-13H2,1-3H3/q+1. The first-order chi connectivity index (χ1) is 10.7. The maximum absolute atomic E-state index is 2.50. The molecule has 116 valence electrons. The third-order valence-electron chi connectivity index (χ3n) is 4.41. The van der Waals surface area contributed by atoms with Crippen molar-refractivity contribution in [2.24, 2.45) is 7.05 Å². The van der Waals surface area contributed by atoms with Crippen LogP contribution in [-0.2, 0) is 7.05 Å². The van der Waals surface area contributed by atoms with Crippen LogP contribution in [0.15, 0.2) is 41.4 Å². The van der Waals surface area contributed by atoms with Gasteiger partial charge in [-0.3, -0.25) is 0 Å². The first kappa shape index (κ1) is 15.4. The van der Waals surface area contributed by atoms with E-state index in [0.717, 1.165) is 26.2 Å². The smallest absolute Gasteiger partial charge is 0.212 e. The lowest BCUT2D eigenvalue weighted by atomic mass is 10.2. The molecule has 3 rings (SSSR count). The van der Waals surface area contributed by atoms with Gasteiger partial charge in [-0.25, -0.2) is 0 Å². The number of para-hydroxylation sites is 1. The fourth-order valence-corrected chi connectivity index (χ4v) is 3.62. The number of piperazine rings is 1. The van der Waals surface area contributed by atoms with Crippen molar-refractivity contribution in [3.05, 3.63) is 47.1 Å². The number of pyridine rings is 1. The highest BCUT2D eigenvalue weighted by Crippen LogP contribution is 2.22. The van der Waals surface area contributed by atoms with Gasteiger partial charge in [0.25, 0.3) is 0 Å². The molecular formula is C18H24N3S+. The first-order valence-electron chi connectivity index (χ1n) is 7.76. The number of aryl methyl sites for hydroxylation is 1. The van der Waals surface area contributed by atoms with E-state index < -0.39 is 0 Å². The van der Waals surface area contributed by atoms with E-state index in [4.69, 9.17) is 0 Å². The van der Waals surface area contributed by atoms with E-state index in [1.807, 2.05) is 11.8 Å². The van der Waals surface area contributed by atoms with Crippen molar-refractivity contribution >= 4 is 28.7 Å². The van der Waals surface area contributed by atoms with Crippen LogP contribution in [0.2, 0.25) is 0 Å². The Balaban J connectivity index is 1.93. The number of hydrogen-bond acceptors (Lipinski definition) is 3. The predicted octanol–water partition coefficient (Wildman–Crippen LogP) is 2.57. The highest BCUT2D eigenvalue weighted by Gasteiger charge is 2.18. The number of likely N-dealkylation sites (N-methyl/N-ethyl adjacent to an activating group) is 1. The van der Waals surface area contributed by atoms with E-state index in [1.54, 1.807) is 0 Å². The minimum absolute atomic E-state index is 1.11. The number of thioether (sulfide) groups is 1. The molecule has 4 heteroatoms. The molecule has 0 bridgehead atoms. The Labute approximate surface area is 137 Å². The molecule has 0 saturated carbocycles. The molecule has 1 aromatic carbocycles. The van der Waals surface area contributed by atoms with Gasteiger partial charge in [0.05, 0.1) is 5.03 Å². The second kappa shape index (κ2) is 6.71. The van der Waals surface area contributed by atoms with Crippen molar-refractivity contribution in [3.63, 3.8) is 0 Å². The highest BCUT2D eigenvalue weighted by atomic mass is 32.2. The third-order valence-corrected chi connectivity index (χ3v) is 5.21. The molecule has 1 aromatic heterocycles. The van der Waals surface area contributed by atoms with Gasteiger partial charge in [0.1, 0.15) is 7.05 Å². The molecule has 1 aliphatic rings. The van der Waals surface area contributed by atoms with Crippen LogP contribution in [-0.4, -0.2) is 49.3 Å². The third kappa shape index (κ3) is 3.13. The van der Waals surface area contributed by atoms with E-state index in [-0.39, 0.29) is 0 Å². The Morgan fingerprint density at radius 1 is 1.09 bits per heavy atom. The van der Waals surface area contributed by atoms with Gasteiger partial charge < -0.3 is 9.80 Å². The molecule has 0 unspecified atom stereocenters. The maximum Gasteiger partial charge on any atom is 0.212 e. The van der Waals surface area contributed by atoms with E-state index in [9.17, 15) is 0 Å². The second-order valence-electron chi connectivity index (χ2n) is 5.85. The summed E-state index contributed by atoms with van der Waals surface area (Å²) in [5, 5.41) is 2.64. The second-order valence-corrected chi connectivity index (χ2v) is 6.68. The summed E-state index contributed by atoms with van der Waals surface area (Å²) in [6.45, 7) is 4.50. The van der Waals surface area contributed by atoms with Gasteiger partial charge in [-0.1, -0.05) is 12.1 Å². The van der Waals surface area contributed by atoms with Crippen LogP contribution in [0.1, 0.15) is 5.69 Å². The molecule has 0 amide bonds. The van der Waals surface area contributed by atoms with E-state index in [2.05, 4.69) is 77.2 Å². The number of rotatable bonds is 3. The van der Waals surface area contributed by atoms with Crippen molar-refractivity contribution in [1.29, 1.82) is 0 Å². The SMILES string of the molecule is CSC(=Cc1ccc2ccccc2[n+]1C)N1CCN(C)CC1. The van der Waals surface area contributed by atoms with Crippen molar-refractivity contribution in [2.45, 2.75) is 0 Å². The van der Waals surface area contributed by atoms with Crippen LogP contribution in [0.25, 0.3) is 17.0 Å². The molecule has 0 N–H and O–H groups in total. The first-order valence-corrected chi connectivity index (χ1v) is 8.98. The summed E-state index contributed by atoms with van der Waals surface area (Å²) in [5.41, 5.74) is 2.53. The summed E-state index contributed by atoms with van der Waals surface area (Å²) in [4.78, 5) is 4.89. The van der Waals surface area contributed by atoms with Crippen LogP contribution in [0.5, 0.6) is 0 Å². The lowest BCUT2D eigenvalue weighted by molar-refractivity contribution is -0.646. The van der Waals surface area contributed by atoms with Gasteiger partial charge in [-0.2, -0.15) is 4.57 Å². The van der Waals surface area contributed by atoms with Crippen molar-refractivity contribution in [1.82, 2.24) is 9.80 Å². The van der Waals surface area contributed by atoms with Crippen molar-refractivity contribution in [2.75, 3.05) is 39.5 Å². The monoisotopic (exact) mass is 314 g/mol. The van der Waals surface area contributed by atoms with Crippen LogP contribution < -0.4 is 4.57 Å². The predicted molar refractivity (Wildman–Crippen MR) is 95.7 cm³/mol. The molecule has 1 aliphatic heterocycles. The van der Waals surface area contributed by atoms with Crippen molar-refractivity contribution in [3.8, 4) is 0 Å². The van der Waals surface area contributed by atoms with Crippen molar-refractivity contribution < 1.29 is 4.57 Å². The zero-order chi connectivity index (χ0) is 15.5. The van der Waals surface area contributed by atoms with Gasteiger partial charge in [0, 0.05) is 49.8 Å². The highest BCUT2D eigenvalue weighted by molar-refractivity contribution is 8.02. The van der Waals surface area contributed by atoms with Gasteiger partial charge in [0.15, 0.2) is 0 Å². The molecule has 0 aliphatic carbocycles. The average molecular weight is 314 g/mol. The largest absolute Gasteiger partial charge is 0.364 e. The molecule has 1 fully saturated rings. The van der Waals surface area contributed by atoms with Gasteiger partial charge in [-0.15, -0.1) is 11.8 Å². The van der Waals surface area contributed by atoms with Crippen LogP contribution in [0.4, 0.5) is 0 Å². The van der Waals surface area contributed by atoms with E-state index >= 15 is 0 Å². The number of nitrogens with zero attached hydrogens (tertiary/aromatic N) is 3. The van der Waals surface area contributed by atoms with Gasteiger partial charge >= 0.3 is 0 Å². The molecule has 0 atom stereocenters. The summed E-state index contributed by atoms with van der Waals surface area (Å²) >= 11 is 1.84. The zero-order valence-corrected chi connectivity index (χ0v) is 14.4. The Bertz CT molecular complexity index is 688. The average Bonchev–Trinajstić information content (AvgIpc) is 2.56. The van der Waals surface area contributed by atoms with Gasteiger partial charge in [-0.05, 0) is 25.4 Å². The molecular weight excluding hydrogens is 290 g/mol. The summed E-state index contributed by atoms with van der Waals surface area (Å²) in [5.74, 6) is 0. The number of hydrogen-bond donors (Lipinski definition) is 0. The number of benzene rings is 1. The topological polar surface area (TPSA) is 10.4 Å². The maximum atomic E-state index is 2.50. The molecule has 3 nitrogen and oxygen atoms in total. The summed E-state index contributed by atoms with van der Waals surface area (Å²) in [6.07, 6.45) is 4.49. The zero-order valence-electron chi connectivity index (χ0n) is 13.6. The number of fused-ring (bicyclic) bond motifs is 1. The minimum Gasteiger partial charge on any atom is -0.364 e. The Morgan fingerprint density at radius 3 is 2.55 bits per heavy atom. The molecule has 0 radical (unpaired) electrons. The summed E-state index contributed by atoms with van der Waals surface area (Å²) in [7, 11) is 4.35. The fourth-order valence-electron chi connectivity index (χ4n) is 2.94. The van der Waals surface area contributed by atoms with Crippen LogP contribution >= 0.6 is 11.8 Å². The normalized spacial score (nSPS) is 17.2. The van der Waals surface area contributed by atoms with E-state index in [0.29, 0.717) is 0 Å². The Hall–Kier alpha value is -1.52. The Morgan fingerprint density at radius 2 is 1.82 bits per heavy atom. The minimum atomic E-state index is 1.11. The molecule has 2 heterocycles.